The van der Waals surface area contributed by atoms with E-state index >= 15 is 0 Å². The van der Waals surface area contributed by atoms with Crippen LogP contribution in [0.1, 0.15) is 119 Å². The van der Waals surface area contributed by atoms with Gasteiger partial charge < -0.3 is 29.0 Å². The van der Waals surface area contributed by atoms with Gasteiger partial charge in [0.1, 0.15) is 6.61 Å². The summed E-state index contributed by atoms with van der Waals surface area (Å²) in [7, 11) is 1.33. The average molecular weight is 684 g/mol. The predicted molar refractivity (Wildman–Crippen MR) is 195 cm³/mol. The largest absolute Gasteiger partial charge is 0.466 e. The number of unbranched alkanes of at least 4 members (excludes halogenated alkanes) is 9. The van der Waals surface area contributed by atoms with Crippen LogP contribution in [0.4, 0.5) is 0 Å². The van der Waals surface area contributed by atoms with Crippen LogP contribution in [-0.4, -0.2) is 87.1 Å². The zero-order valence-corrected chi connectivity index (χ0v) is 31.7. The van der Waals surface area contributed by atoms with E-state index in [9.17, 15) is 19.2 Å². The van der Waals surface area contributed by atoms with E-state index < -0.39 is 5.97 Å². The Morgan fingerprint density at radius 3 is 1.27 bits per heavy atom. The van der Waals surface area contributed by atoms with Crippen molar-refractivity contribution in [1.29, 1.82) is 0 Å². The van der Waals surface area contributed by atoms with Crippen LogP contribution in [0.2, 0.25) is 0 Å². The molecule has 0 unspecified atom stereocenters. The van der Waals surface area contributed by atoms with E-state index in [1.807, 2.05) is 6.92 Å². The van der Waals surface area contributed by atoms with Gasteiger partial charge in [-0.05, 0) is 46.7 Å². The van der Waals surface area contributed by atoms with Crippen molar-refractivity contribution in [2.24, 2.45) is 0 Å². The number of likely N-dealkylation sites (N-methyl/N-ethyl adjacent to an activating group) is 1. The fourth-order valence-electron chi connectivity index (χ4n) is 3.34. The van der Waals surface area contributed by atoms with E-state index in [0.717, 1.165) is 32.5 Å². The van der Waals surface area contributed by atoms with Crippen molar-refractivity contribution in [3.05, 3.63) is 48.6 Å². The molecule has 0 aliphatic heterocycles. The third-order valence-electron chi connectivity index (χ3n) is 6.41. The fraction of sp³-hybridized carbons (Fsp3) is 0.684. The molecular formula is C38H69NO9. The number of methoxy groups -OCH3 is 1. The van der Waals surface area contributed by atoms with Crippen LogP contribution in [0.5, 0.6) is 0 Å². The second-order valence-corrected chi connectivity index (χ2v) is 11.2. The van der Waals surface area contributed by atoms with Crippen molar-refractivity contribution >= 4 is 23.9 Å². The summed E-state index contributed by atoms with van der Waals surface area (Å²) >= 11 is 0. The first kappa shape index (κ1) is 51.6. The van der Waals surface area contributed by atoms with Crippen molar-refractivity contribution in [1.82, 2.24) is 4.90 Å². The molecule has 0 rings (SSSR count). The van der Waals surface area contributed by atoms with Crippen molar-refractivity contribution in [2.45, 2.75) is 119 Å². The molecule has 0 fully saturated rings. The second-order valence-electron chi connectivity index (χ2n) is 11.2. The summed E-state index contributed by atoms with van der Waals surface area (Å²) in [5, 5.41) is 8.40. The van der Waals surface area contributed by atoms with Gasteiger partial charge in [0, 0.05) is 23.3 Å². The molecule has 0 spiro atoms. The van der Waals surface area contributed by atoms with Crippen LogP contribution in [0.15, 0.2) is 48.6 Å². The molecule has 0 heterocycles. The molecule has 0 amide bonds. The number of carbonyl (C=O) groups is 4. The number of ether oxygens (including phenoxy) is 4. The van der Waals surface area contributed by atoms with Gasteiger partial charge in [0.2, 0.25) is 0 Å². The van der Waals surface area contributed by atoms with Crippen LogP contribution < -0.4 is 0 Å². The Morgan fingerprint density at radius 1 is 0.542 bits per heavy atom. The molecule has 10 heteroatoms. The number of esters is 4. The van der Waals surface area contributed by atoms with E-state index in [0.29, 0.717) is 36.5 Å². The monoisotopic (exact) mass is 683 g/mol. The van der Waals surface area contributed by atoms with Crippen molar-refractivity contribution in [3.63, 3.8) is 0 Å². The second kappa shape index (κ2) is 38.2. The number of hydrogen-bond acceptors (Lipinski definition) is 10. The van der Waals surface area contributed by atoms with Crippen LogP contribution >= 0.6 is 0 Å². The Morgan fingerprint density at radius 2 is 0.938 bits per heavy atom. The summed E-state index contributed by atoms with van der Waals surface area (Å²) in [4.78, 5) is 45.1. The molecule has 0 bridgehead atoms. The molecule has 0 aliphatic rings. The molecule has 0 aromatic heterocycles. The van der Waals surface area contributed by atoms with Crippen molar-refractivity contribution < 1.29 is 43.2 Å². The number of aliphatic hydroxyl groups excluding tert-OH is 1. The van der Waals surface area contributed by atoms with Gasteiger partial charge in [-0.1, -0.05) is 112 Å². The Hall–Kier alpha value is -3.24. The Labute approximate surface area is 292 Å². The molecule has 0 atom stereocenters. The lowest BCUT2D eigenvalue weighted by atomic mass is 10.1. The zero-order valence-electron chi connectivity index (χ0n) is 31.7. The van der Waals surface area contributed by atoms with E-state index in [4.69, 9.17) is 14.6 Å². The normalized spacial score (nSPS) is 9.62. The first-order valence-corrected chi connectivity index (χ1v) is 17.3. The minimum atomic E-state index is -0.510. The van der Waals surface area contributed by atoms with Crippen LogP contribution in [0.25, 0.3) is 0 Å². The van der Waals surface area contributed by atoms with E-state index in [2.05, 4.69) is 61.5 Å². The molecule has 280 valence electrons. The predicted octanol–water partition coefficient (Wildman–Crippen LogP) is 7.70. The summed E-state index contributed by atoms with van der Waals surface area (Å²) in [6.45, 7) is 30.8. The average Bonchev–Trinajstić information content (AvgIpc) is 3.07. The first-order chi connectivity index (χ1) is 22.7. The van der Waals surface area contributed by atoms with E-state index in [1.165, 1.54) is 64.9 Å². The molecule has 0 aromatic carbocycles. The molecule has 1 N–H and O–H groups in total. The van der Waals surface area contributed by atoms with Gasteiger partial charge in [0.15, 0.2) is 0 Å². The lowest BCUT2D eigenvalue weighted by molar-refractivity contribution is -0.140. The number of carbonyl (C=O) groups excluding carboxylic acids is 4. The molecule has 0 radical (unpaired) electrons. The highest BCUT2D eigenvalue weighted by Crippen LogP contribution is 2.10. The maximum absolute atomic E-state index is 11.1. The standard InChI is InChI=1S/C16H30O2.C10H19NO2.C7H12O3.C5H8O2/c1-4-5-6-7-8-9-10-11-12-13-14-18-16(17)15(2)3;1-5-11(6-2)7-8-13-10(12)9(3)4;1-3-4-10-7(9)6(2)5-8;1-4(2)5(6)7-3/h2,4-14H2,1,3H3;3,5-8H2,1-2,4H3;8H,2-5H2,1H3;1H2,2-3H3. The Balaban J connectivity index is -0.000000284. The Bertz CT molecular complexity index is 908. The summed E-state index contributed by atoms with van der Waals surface area (Å²) < 4.78 is 18.9. The number of nitrogens with zero attached hydrogens (tertiary/aromatic N) is 1. The number of hydrogen-bond donors (Lipinski definition) is 1. The first-order valence-electron chi connectivity index (χ1n) is 17.3. The molecular weight excluding hydrogens is 614 g/mol. The highest BCUT2D eigenvalue weighted by atomic mass is 16.5. The van der Waals surface area contributed by atoms with E-state index in [-0.39, 0.29) is 30.1 Å². The van der Waals surface area contributed by atoms with Crippen LogP contribution in [0, 0.1) is 0 Å². The quantitative estimate of drug-likeness (QED) is 0.0495. The SMILES string of the molecule is C=C(C)C(=O)OC.C=C(C)C(=O)OCCCCCCCCCCCC.C=C(C)C(=O)OCCN(CC)CC.C=C(CO)C(=O)OCCC. The smallest absolute Gasteiger partial charge is 0.335 e. The molecule has 0 aliphatic carbocycles. The third kappa shape index (κ3) is 38.9. The summed E-state index contributed by atoms with van der Waals surface area (Å²) in [5.41, 5.74) is 1.48. The number of rotatable bonds is 23. The third-order valence-corrected chi connectivity index (χ3v) is 6.41. The highest BCUT2D eigenvalue weighted by Gasteiger charge is 2.05. The minimum Gasteiger partial charge on any atom is -0.466 e. The molecule has 0 saturated carbocycles. The minimum absolute atomic E-state index is 0.105. The maximum atomic E-state index is 11.1. The molecule has 48 heavy (non-hydrogen) atoms. The lowest BCUT2D eigenvalue weighted by Crippen LogP contribution is -2.27. The van der Waals surface area contributed by atoms with Gasteiger partial charge in [-0.3, -0.25) is 0 Å². The summed E-state index contributed by atoms with van der Waals surface area (Å²) in [6, 6.07) is 0. The van der Waals surface area contributed by atoms with Gasteiger partial charge in [-0.25, -0.2) is 19.2 Å². The molecule has 0 aromatic rings. The van der Waals surface area contributed by atoms with Crippen molar-refractivity contribution in [2.75, 3.05) is 53.2 Å². The molecule has 10 nitrogen and oxygen atoms in total. The Kier molecular flexibility index (Phi) is 41.1. The van der Waals surface area contributed by atoms with Gasteiger partial charge in [0.25, 0.3) is 0 Å². The maximum Gasteiger partial charge on any atom is 0.335 e. The lowest BCUT2D eigenvalue weighted by Gasteiger charge is -2.17. The highest BCUT2D eigenvalue weighted by molar-refractivity contribution is 5.88. The van der Waals surface area contributed by atoms with Gasteiger partial charge in [0.05, 0.1) is 32.5 Å². The van der Waals surface area contributed by atoms with Crippen LogP contribution in [0.3, 0.4) is 0 Å². The van der Waals surface area contributed by atoms with Gasteiger partial charge in [-0.2, -0.15) is 0 Å². The topological polar surface area (TPSA) is 129 Å². The summed E-state index contributed by atoms with van der Waals surface area (Å²) in [6.07, 6.45) is 13.7. The van der Waals surface area contributed by atoms with Gasteiger partial charge >= 0.3 is 23.9 Å². The fourth-order valence-corrected chi connectivity index (χ4v) is 3.34. The van der Waals surface area contributed by atoms with Crippen LogP contribution in [-0.2, 0) is 38.1 Å². The molecule has 0 saturated heterocycles. The summed E-state index contributed by atoms with van der Waals surface area (Å²) in [5.74, 6) is -1.41. The number of aliphatic hydroxyl groups is 1. The van der Waals surface area contributed by atoms with Crippen molar-refractivity contribution in [3.8, 4) is 0 Å². The van der Waals surface area contributed by atoms with E-state index in [1.54, 1.807) is 20.8 Å². The van der Waals surface area contributed by atoms with Gasteiger partial charge in [-0.15, -0.1) is 0 Å². The zero-order chi connectivity index (χ0) is 37.8.